The maximum Gasteiger partial charge on any atom is 0.156 e. The summed E-state index contributed by atoms with van der Waals surface area (Å²) in [4.78, 5) is 4.05. The lowest BCUT2D eigenvalue weighted by Crippen LogP contribution is -2.11. The fraction of sp³-hybridized carbons (Fsp3) is 0.105. The van der Waals surface area contributed by atoms with E-state index in [4.69, 9.17) is 0 Å². The molecule has 5 nitrogen and oxygen atoms in total. The standard InChI is InChI=1S/C19H17N5/c1-2-6-15(7-3-1)18-16-8-4-5-9-17(16)19(23-22-18)21-11-13-24-12-10-20-14-24/h1-10,12,14H,11,13H2,(H,21,23). The molecular formula is C19H17N5. The molecule has 0 aliphatic rings. The van der Waals surface area contributed by atoms with Gasteiger partial charge in [-0.2, -0.15) is 0 Å². The van der Waals surface area contributed by atoms with Crippen LogP contribution in [-0.4, -0.2) is 26.3 Å². The van der Waals surface area contributed by atoms with Gasteiger partial charge in [0.25, 0.3) is 0 Å². The highest BCUT2D eigenvalue weighted by atomic mass is 15.2. The first-order chi connectivity index (χ1) is 11.9. The first kappa shape index (κ1) is 14.4. The van der Waals surface area contributed by atoms with Crippen LogP contribution < -0.4 is 5.32 Å². The molecule has 0 saturated heterocycles. The predicted octanol–water partition coefficient (Wildman–Crippen LogP) is 3.61. The van der Waals surface area contributed by atoms with Gasteiger partial charge in [0.15, 0.2) is 5.82 Å². The minimum Gasteiger partial charge on any atom is -0.366 e. The molecule has 0 bridgehead atoms. The summed E-state index contributed by atoms with van der Waals surface area (Å²) in [6.45, 7) is 1.59. The molecule has 4 aromatic rings. The van der Waals surface area contributed by atoms with Crippen molar-refractivity contribution >= 4 is 16.6 Å². The first-order valence-corrected chi connectivity index (χ1v) is 7.92. The van der Waals surface area contributed by atoms with Gasteiger partial charge in [-0.05, 0) is 0 Å². The molecule has 2 heterocycles. The Labute approximate surface area is 140 Å². The van der Waals surface area contributed by atoms with E-state index in [0.717, 1.165) is 40.9 Å². The summed E-state index contributed by atoms with van der Waals surface area (Å²) in [6, 6.07) is 18.4. The number of hydrogen-bond acceptors (Lipinski definition) is 4. The number of imidazole rings is 1. The molecule has 0 amide bonds. The van der Waals surface area contributed by atoms with Crippen molar-refractivity contribution < 1.29 is 0 Å². The van der Waals surface area contributed by atoms with Gasteiger partial charge in [0.05, 0.1) is 6.33 Å². The monoisotopic (exact) mass is 315 g/mol. The third-order valence-corrected chi connectivity index (χ3v) is 3.96. The molecule has 2 aromatic heterocycles. The zero-order valence-electron chi connectivity index (χ0n) is 13.1. The van der Waals surface area contributed by atoms with Crippen LogP contribution in [-0.2, 0) is 6.54 Å². The van der Waals surface area contributed by atoms with Gasteiger partial charge < -0.3 is 9.88 Å². The van der Waals surface area contributed by atoms with E-state index in [-0.39, 0.29) is 0 Å². The third kappa shape index (κ3) is 2.84. The van der Waals surface area contributed by atoms with Gasteiger partial charge in [-0.3, -0.25) is 0 Å². The summed E-state index contributed by atoms with van der Waals surface area (Å²) in [5.41, 5.74) is 1.98. The molecule has 0 saturated carbocycles. The molecular weight excluding hydrogens is 298 g/mol. The Morgan fingerprint density at radius 1 is 0.875 bits per heavy atom. The van der Waals surface area contributed by atoms with Crippen molar-refractivity contribution in [3.05, 3.63) is 73.3 Å². The van der Waals surface area contributed by atoms with Crippen molar-refractivity contribution in [2.75, 3.05) is 11.9 Å². The van der Waals surface area contributed by atoms with E-state index in [0.29, 0.717) is 0 Å². The highest BCUT2D eigenvalue weighted by Gasteiger charge is 2.10. The van der Waals surface area contributed by atoms with E-state index >= 15 is 0 Å². The van der Waals surface area contributed by atoms with Crippen LogP contribution in [0.5, 0.6) is 0 Å². The van der Waals surface area contributed by atoms with Crippen LogP contribution in [0.25, 0.3) is 22.0 Å². The number of anilines is 1. The fourth-order valence-electron chi connectivity index (χ4n) is 2.77. The molecule has 0 aliphatic heterocycles. The second kappa shape index (κ2) is 6.50. The van der Waals surface area contributed by atoms with E-state index in [9.17, 15) is 0 Å². The summed E-state index contributed by atoms with van der Waals surface area (Å²) >= 11 is 0. The van der Waals surface area contributed by atoms with E-state index in [1.54, 1.807) is 6.20 Å². The van der Waals surface area contributed by atoms with Crippen LogP contribution in [0.4, 0.5) is 5.82 Å². The number of aromatic nitrogens is 4. The zero-order chi connectivity index (χ0) is 16.2. The number of hydrogen-bond donors (Lipinski definition) is 1. The highest BCUT2D eigenvalue weighted by molar-refractivity contribution is 5.99. The van der Waals surface area contributed by atoms with Crippen LogP contribution in [0.2, 0.25) is 0 Å². The Bertz CT molecular complexity index is 933. The minimum absolute atomic E-state index is 0.764. The van der Waals surface area contributed by atoms with Crippen molar-refractivity contribution in [2.24, 2.45) is 0 Å². The maximum atomic E-state index is 4.46. The summed E-state index contributed by atoms with van der Waals surface area (Å²) in [6.07, 6.45) is 5.54. The van der Waals surface area contributed by atoms with Crippen molar-refractivity contribution in [1.29, 1.82) is 0 Å². The molecule has 24 heavy (non-hydrogen) atoms. The van der Waals surface area contributed by atoms with Crippen LogP contribution in [0.1, 0.15) is 0 Å². The Morgan fingerprint density at radius 2 is 1.67 bits per heavy atom. The lowest BCUT2D eigenvalue weighted by atomic mass is 10.0. The number of benzene rings is 2. The lowest BCUT2D eigenvalue weighted by Gasteiger charge is -2.11. The third-order valence-electron chi connectivity index (χ3n) is 3.96. The molecule has 0 aliphatic carbocycles. The average Bonchev–Trinajstić information content (AvgIpc) is 3.16. The highest BCUT2D eigenvalue weighted by Crippen LogP contribution is 2.29. The van der Waals surface area contributed by atoms with E-state index in [2.05, 4.69) is 44.8 Å². The van der Waals surface area contributed by atoms with Crippen molar-refractivity contribution in [2.45, 2.75) is 6.54 Å². The van der Waals surface area contributed by atoms with Gasteiger partial charge in [-0.15, -0.1) is 10.2 Å². The Morgan fingerprint density at radius 3 is 2.46 bits per heavy atom. The second-order valence-corrected chi connectivity index (χ2v) is 5.54. The molecule has 5 heteroatoms. The van der Waals surface area contributed by atoms with Crippen LogP contribution in [0.15, 0.2) is 73.3 Å². The number of fused-ring (bicyclic) bond motifs is 1. The Kier molecular flexibility index (Phi) is 3.90. The Hall–Kier alpha value is -3.21. The van der Waals surface area contributed by atoms with Gasteiger partial charge in [0.1, 0.15) is 5.69 Å². The first-order valence-electron chi connectivity index (χ1n) is 7.92. The lowest BCUT2D eigenvalue weighted by molar-refractivity contribution is 0.725. The molecule has 0 atom stereocenters. The van der Waals surface area contributed by atoms with Crippen LogP contribution in [0.3, 0.4) is 0 Å². The minimum atomic E-state index is 0.764. The molecule has 1 N–H and O–H groups in total. The second-order valence-electron chi connectivity index (χ2n) is 5.54. The van der Waals surface area contributed by atoms with Gasteiger partial charge in [-0.25, -0.2) is 4.98 Å². The van der Waals surface area contributed by atoms with Gasteiger partial charge >= 0.3 is 0 Å². The molecule has 4 rings (SSSR count). The summed E-state index contributed by atoms with van der Waals surface area (Å²) in [7, 11) is 0. The predicted molar refractivity (Wildman–Crippen MR) is 95.7 cm³/mol. The van der Waals surface area contributed by atoms with Crippen LogP contribution >= 0.6 is 0 Å². The smallest absolute Gasteiger partial charge is 0.156 e. The molecule has 0 radical (unpaired) electrons. The van der Waals surface area contributed by atoms with Crippen molar-refractivity contribution in [3.8, 4) is 11.3 Å². The average molecular weight is 315 g/mol. The normalized spacial score (nSPS) is 10.8. The SMILES string of the molecule is c1ccc(-c2nnc(NCCn3ccnc3)c3ccccc23)cc1. The maximum absolute atomic E-state index is 4.46. The summed E-state index contributed by atoms with van der Waals surface area (Å²) in [5, 5.41) is 14.4. The number of rotatable bonds is 5. The largest absolute Gasteiger partial charge is 0.366 e. The summed E-state index contributed by atoms with van der Waals surface area (Å²) < 4.78 is 2.03. The number of nitrogens with one attached hydrogen (secondary N) is 1. The molecule has 0 spiro atoms. The van der Waals surface area contributed by atoms with Gasteiger partial charge in [0, 0.05) is 41.8 Å². The molecule has 2 aromatic carbocycles. The zero-order valence-corrected chi connectivity index (χ0v) is 13.1. The van der Waals surface area contributed by atoms with Gasteiger partial charge in [0.2, 0.25) is 0 Å². The Balaban J connectivity index is 1.65. The molecule has 118 valence electrons. The molecule has 0 fully saturated rings. The number of nitrogens with zero attached hydrogens (tertiary/aromatic N) is 4. The van der Waals surface area contributed by atoms with Crippen molar-refractivity contribution in [1.82, 2.24) is 19.7 Å². The van der Waals surface area contributed by atoms with E-state index < -0.39 is 0 Å². The van der Waals surface area contributed by atoms with Crippen LogP contribution in [0, 0.1) is 0 Å². The topological polar surface area (TPSA) is 55.6 Å². The summed E-state index contributed by atoms with van der Waals surface area (Å²) in [5.74, 6) is 0.811. The van der Waals surface area contributed by atoms with Crippen molar-refractivity contribution in [3.63, 3.8) is 0 Å². The van der Waals surface area contributed by atoms with E-state index in [1.165, 1.54) is 0 Å². The molecule has 0 unspecified atom stereocenters. The fourth-order valence-corrected chi connectivity index (χ4v) is 2.77. The van der Waals surface area contributed by atoms with E-state index in [1.807, 2.05) is 47.4 Å². The van der Waals surface area contributed by atoms with Gasteiger partial charge in [-0.1, -0.05) is 54.6 Å². The quantitative estimate of drug-likeness (QED) is 0.611.